The monoisotopic (exact) mass is 358 g/mol. The fourth-order valence-electron chi connectivity index (χ4n) is 2.14. The lowest BCUT2D eigenvalue weighted by Crippen LogP contribution is -2.19. The summed E-state index contributed by atoms with van der Waals surface area (Å²) in [7, 11) is 0. The van der Waals surface area contributed by atoms with Crippen LogP contribution in [-0.2, 0) is 4.79 Å². The van der Waals surface area contributed by atoms with Gasteiger partial charge in [0.2, 0.25) is 5.91 Å². The molecule has 0 aliphatic heterocycles. The number of carbonyl (C=O) groups excluding carboxylic acids is 1. The number of aromatic nitrogens is 3. The summed E-state index contributed by atoms with van der Waals surface area (Å²) in [5.74, 6) is -0.150. The van der Waals surface area contributed by atoms with Gasteiger partial charge < -0.3 is 5.32 Å². The lowest BCUT2D eigenvalue weighted by molar-refractivity contribution is -0.115. The molecular formula is C17H15ClN4OS. The number of halogens is 1. The van der Waals surface area contributed by atoms with Crippen molar-refractivity contribution >= 4 is 35.0 Å². The highest BCUT2D eigenvalue weighted by Crippen LogP contribution is 2.34. The first-order valence-electron chi connectivity index (χ1n) is 7.27. The molecule has 1 aromatic heterocycles. The molecule has 0 fully saturated rings. The average Bonchev–Trinajstić information content (AvgIpc) is 3.10. The van der Waals surface area contributed by atoms with Gasteiger partial charge >= 0.3 is 0 Å². The van der Waals surface area contributed by atoms with Gasteiger partial charge in [-0.15, -0.1) is 0 Å². The Bertz CT molecular complexity index is 824. The Morgan fingerprint density at radius 2 is 2.04 bits per heavy atom. The maximum atomic E-state index is 12.8. The Labute approximate surface area is 148 Å². The Morgan fingerprint density at radius 1 is 1.25 bits per heavy atom. The number of anilines is 1. The number of thioether (sulfide) groups is 1. The van der Waals surface area contributed by atoms with Crippen molar-refractivity contribution in [3.63, 3.8) is 0 Å². The molecule has 0 aliphatic rings. The zero-order valence-electron chi connectivity index (χ0n) is 12.9. The van der Waals surface area contributed by atoms with Crippen molar-refractivity contribution in [3.05, 3.63) is 71.0 Å². The number of nitrogens with one attached hydrogen (secondary N) is 2. The standard InChI is InChI=1S/C17H15ClN4OS/c1-11-7-8-13(9-14(11)18)21-16(23)15(12-5-3-2-4-6-12)24-17-19-10-20-22-17/h2-10,15H,1H3,(H,21,23)(H,19,20,22)/t15-/m1/s1. The topological polar surface area (TPSA) is 70.7 Å². The molecule has 1 atom stereocenters. The van der Waals surface area contributed by atoms with E-state index in [-0.39, 0.29) is 5.91 Å². The fraction of sp³-hybridized carbons (Fsp3) is 0.118. The van der Waals surface area contributed by atoms with Crippen molar-refractivity contribution in [2.75, 3.05) is 5.32 Å². The number of nitrogens with zero attached hydrogens (tertiary/aromatic N) is 2. The normalized spacial score (nSPS) is 11.9. The molecule has 1 heterocycles. The van der Waals surface area contributed by atoms with Crippen molar-refractivity contribution in [3.8, 4) is 0 Å². The van der Waals surface area contributed by atoms with Crippen LogP contribution in [0.15, 0.2) is 60.0 Å². The highest BCUT2D eigenvalue weighted by molar-refractivity contribution is 8.00. The van der Waals surface area contributed by atoms with Crippen molar-refractivity contribution in [2.24, 2.45) is 0 Å². The van der Waals surface area contributed by atoms with E-state index in [1.165, 1.54) is 18.1 Å². The van der Waals surface area contributed by atoms with E-state index in [0.717, 1.165) is 11.1 Å². The molecular weight excluding hydrogens is 344 g/mol. The lowest BCUT2D eigenvalue weighted by Gasteiger charge is -2.16. The van der Waals surface area contributed by atoms with Gasteiger partial charge in [0.25, 0.3) is 0 Å². The van der Waals surface area contributed by atoms with Crippen LogP contribution in [0.25, 0.3) is 0 Å². The number of hydrogen-bond donors (Lipinski definition) is 2. The minimum atomic E-state index is -0.459. The first kappa shape index (κ1) is 16.5. The van der Waals surface area contributed by atoms with E-state index in [1.54, 1.807) is 6.07 Å². The van der Waals surface area contributed by atoms with Crippen molar-refractivity contribution in [1.82, 2.24) is 15.2 Å². The van der Waals surface area contributed by atoms with Crippen LogP contribution in [0.1, 0.15) is 16.4 Å². The van der Waals surface area contributed by atoms with Crippen LogP contribution < -0.4 is 5.32 Å². The van der Waals surface area contributed by atoms with Crippen LogP contribution in [0, 0.1) is 6.92 Å². The SMILES string of the molecule is Cc1ccc(NC(=O)[C@H](Sc2ncn[nH]2)c2ccccc2)cc1Cl. The number of carbonyl (C=O) groups is 1. The molecule has 3 aromatic rings. The summed E-state index contributed by atoms with van der Waals surface area (Å²) in [5.41, 5.74) is 2.51. The van der Waals surface area contributed by atoms with Gasteiger partial charge in [-0.25, -0.2) is 4.98 Å². The molecule has 0 spiro atoms. The Hall–Kier alpha value is -2.31. The predicted molar refractivity (Wildman–Crippen MR) is 96.2 cm³/mol. The number of rotatable bonds is 5. The third kappa shape index (κ3) is 3.96. The molecule has 24 heavy (non-hydrogen) atoms. The second-order valence-electron chi connectivity index (χ2n) is 5.15. The number of aromatic amines is 1. The number of H-pyrrole nitrogens is 1. The third-order valence-electron chi connectivity index (χ3n) is 3.40. The van der Waals surface area contributed by atoms with E-state index in [2.05, 4.69) is 20.5 Å². The van der Waals surface area contributed by atoms with E-state index in [4.69, 9.17) is 11.6 Å². The van der Waals surface area contributed by atoms with Gasteiger partial charge in [0, 0.05) is 10.7 Å². The highest BCUT2D eigenvalue weighted by Gasteiger charge is 2.23. The zero-order valence-corrected chi connectivity index (χ0v) is 14.4. The van der Waals surface area contributed by atoms with E-state index in [9.17, 15) is 4.79 Å². The van der Waals surface area contributed by atoms with Gasteiger partial charge in [-0.3, -0.25) is 9.89 Å². The highest BCUT2D eigenvalue weighted by atomic mass is 35.5. The number of aryl methyl sites for hydroxylation is 1. The maximum Gasteiger partial charge on any atom is 0.242 e. The summed E-state index contributed by atoms with van der Waals surface area (Å²) in [6.45, 7) is 1.92. The summed E-state index contributed by atoms with van der Waals surface area (Å²) in [4.78, 5) is 16.9. The Balaban J connectivity index is 1.84. The molecule has 0 radical (unpaired) electrons. The van der Waals surface area contributed by atoms with E-state index >= 15 is 0 Å². The zero-order chi connectivity index (χ0) is 16.9. The van der Waals surface area contributed by atoms with Gasteiger partial charge in [0.05, 0.1) is 0 Å². The maximum absolute atomic E-state index is 12.8. The molecule has 0 aliphatic carbocycles. The van der Waals surface area contributed by atoms with Crippen LogP contribution in [0.3, 0.4) is 0 Å². The molecule has 2 aromatic carbocycles. The average molecular weight is 359 g/mol. The Morgan fingerprint density at radius 3 is 2.71 bits per heavy atom. The van der Waals surface area contributed by atoms with Crippen molar-refractivity contribution < 1.29 is 4.79 Å². The van der Waals surface area contributed by atoms with Gasteiger partial charge in [-0.05, 0) is 30.2 Å². The lowest BCUT2D eigenvalue weighted by atomic mass is 10.1. The van der Waals surface area contributed by atoms with Gasteiger partial charge in [-0.2, -0.15) is 5.10 Å². The smallest absolute Gasteiger partial charge is 0.242 e. The van der Waals surface area contributed by atoms with E-state index in [1.807, 2.05) is 49.4 Å². The summed E-state index contributed by atoms with van der Waals surface area (Å²) < 4.78 is 0. The quantitative estimate of drug-likeness (QED) is 0.669. The number of amides is 1. The number of hydrogen-bond acceptors (Lipinski definition) is 4. The van der Waals surface area contributed by atoms with Crippen molar-refractivity contribution in [2.45, 2.75) is 17.3 Å². The van der Waals surface area contributed by atoms with Crippen LogP contribution in [-0.4, -0.2) is 21.1 Å². The van der Waals surface area contributed by atoms with E-state index < -0.39 is 5.25 Å². The molecule has 0 bridgehead atoms. The molecule has 0 saturated heterocycles. The van der Waals surface area contributed by atoms with Crippen LogP contribution in [0.5, 0.6) is 0 Å². The molecule has 2 N–H and O–H groups in total. The fourth-order valence-corrected chi connectivity index (χ4v) is 3.22. The second-order valence-corrected chi connectivity index (χ2v) is 6.65. The first-order chi connectivity index (χ1) is 11.6. The molecule has 0 unspecified atom stereocenters. The van der Waals surface area contributed by atoms with Gasteiger partial charge in [-0.1, -0.05) is 59.8 Å². The molecule has 122 valence electrons. The number of benzene rings is 2. The summed E-state index contributed by atoms with van der Waals surface area (Å²) in [5, 5.41) is 10.3. The summed E-state index contributed by atoms with van der Waals surface area (Å²) in [6.07, 6.45) is 1.42. The molecule has 5 nitrogen and oxygen atoms in total. The van der Waals surface area contributed by atoms with Crippen LogP contribution >= 0.6 is 23.4 Å². The molecule has 1 amide bonds. The van der Waals surface area contributed by atoms with Gasteiger partial charge in [0.15, 0.2) is 5.16 Å². The molecule has 7 heteroatoms. The largest absolute Gasteiger partial charge is 0.325 e. The second kappa shape index (κ2) is 7.51. The predicted octanol–water partition coefficient (Wildman–Crippen LogP) is 4.24. The van der Waals surface area contributed by atoms with Crippen LogP contribution in [0.4, 0.5) is 5.69 Å². The summed E-state index contributed by atoms with van der Waals surface area (Å²) in [6, 6.07) is 15.0. The van der Waals surface area contributed by atoms with Gasteiger partial charge in [0.1, 0.15) is 11.6 Å². The minimum absolute atomic E-state index is 0.150. The van der Waals surface area contributed by atoms with Crippen LogP contribution in [0.2, 0.25) is 5.02 Å². The Kier molecular flexibility index (Phi) is 5.17. The third-order valence-corrected chi connectivity index (χ3v) is 4.95. The minimum Gasteiger partial charge on any atom is -0.325 e. The van der Waals surface area contributed by atoms with E-state index in [0.29, 0.717) is 15.9 Å². The first-order valence-corrected chi connectivity index (χ1v) is 8.53. The summed E-state index contributed by atoms with van der Waals surface area (Å²) >= 11 is 7.44. The molecule has 0 saturated carbocycles. The molecule has 3 rings (SSSR count). The van der Waals surface area contributed by atoms with Crippen molar-refractivity contribution in [1.29, 1.82) is 0 Å².